The first kappa shape index (κ1) is 33.1. The molecular weight excluding hydrogens is 574 g/mol. The summed E-state index contributed by atoms with van der Waals surface area (Å²) in [6.45, 7) is 2.40. The smallest absolute Gasteiger partial charge is 0.243 e. The first-order chi connectivity index (χ1) is 21.1. The van der Waals surface area contributed by atoms with Gasteiger partial charge in [-0.1, -0.05) is 85.5 Å². The lowest BCUT2D eigenvalue weighted by Crippen LogP contribution is -2.53. The van der Waals surface area contributed by atoms with E-state index in [4.69, 9.17) is 4.74 Å². The van der Waals surface area contributed by atoms with Gasteiger partial charge in [-0.15, -0.1) is 0 Å². The Morgan fingerprint density at radius 2 is 1.64 bits per heavy atom. The van der Waals surface area contributed by atoms with Gasteiger partial charge in [0, 0.05) is 38.0 Å². The zero-order valence-electron chi connectivity index (χ0n) is 26.1. The van der Waals surface area contributed by atoms with E-state index in [9.17, 15) is 18.0 Å². The van der Waals surface area contributed by atoms with E-state index in [0.29, 0.717) is 17.9 Å². The summed E-state index contributed by atoms with van der Waals surface area (Å²) in [5, 5.41) is 3.27. The van der Waals surface area contributed by atoms with Gasteiger partial charge in [-0.3, -0.25) is 13.9 Å². The summed E-state index contributed by atoms with van der Waals surface area (Å²) in [4.78, 5) is 29.8. The van der Waals surface area contributed by atoms with Crippen molar-refractivity contribution >= 4 is 27.5 Å². The highest BCUT2D eigenvalue weighted by atomic mass is 32.2. The molecule has 1 atom stereocenters. The highest BCUT2D eigenvalue weighted by molar-refractivity contribution is 7.92. The van der Waals surface area contributed by atoms with Crippen molar-refractivity contribution in [2.45, 2.75) is 76.9 Å². The van der Waals surface area contributed by atoms with Gasteiger partial charge in [-0.25, -0.2) is 8.42 Å². The Kier molecular flexibility index (Phi) is 11.8. The zero-order valence-corrected chi connectivity index (χ0v) is 26.9. The largest absolute Gasteiger partial charge is 0.497 e. The number of methoxy groups -OCH3 is 1. The summed E-state index contributed by atoms with van der Waals surface area (Å²) in [7, 11) is -2.08. The number of rotatable bonds is 14. The van der Waals surface area contributed by atoms with Crippen LogP contribution in [-0.2, 0) is 32.6 Å². The number of nitrogens with one attached hydrogen (secondary N) is 1. The number of ether oxygens (including phenoxy) is 1. The minimum absolute atomic E-state index is 0.0871. The van der Waals surface area contributed by atoms with Gasteiger partial charge in [0.05, 0.1) is 19.1 Å². The molecule has 1 fully saturated rings. The molecule has 1 saturated carbocycles. The molecule has 0 spiro atoms. The molecule has 8 nitrogen and oxygen atoms in total. The molecule has 1 N–H and O–H groups in total. The maximum Gasteiger partial charge on any atom is 0.243 e. The van der Waals surface area contributed by atoms with E-state index in [-0.39, 0.29) is 43.8 Å². The summed E-state index contributed by atoms with van der Waals surface area (Å²) < 4.78 is 32.1. The van der Waals surface area contributed by atoms with Crippen molar-refractivity contribution in [2.24, 2.45) is 0 Å². The van der Waals surface area contributed by atoms with Crippen molar-refractivity contribution in [3.05, 3.63) is 95.6 Å². The molecule has 1 aliphatic rings. The van der Waals surface area contributed by atoms with Crippen molar-refractivity contribution in [3.63, 3.8) is 0 Å². The number of sulfonamides is 1. The van der Waals surface area contributed by atoms with Crippen LogP contribution in [0.2, 0.25) is 0 Å². The van der Waals surface area contributed by atoms with Gasteiger partial charge in [-0.05, 0) is 49.4 Å². The third-order valence-corrected chi connectivity index (χ3v) is 9.35. The average Bonchev–Trinajstić information content (AvgIpc) is 3.01. The predicted octanol–water partition coefficient (Wildman–Crippen LogP) is 5.64. The minimum Gasteiger partial charge on any atom is -0.497 e. The number of aryl methyl sites for hydroxylation is 1. The molecule has 44 heavy (non-hydrogen) atoms. The van der Waals surface area contributed by atoms with Gasteiger partial charge < -0.3 is 15.0 Å². The Morgan fingerprint density at radius 3 is 2.32 bits per heavy atom. The van der Waals surface area contributed by atoms with E-state index >= 15 is 0 Å². The van der Waals surface area contributed by atoms with Gasteiger partial charge in [0.25, 0.3) is 0 Å². The second-order valence-electron chi connectivity index (χ2n) is 11.7. The maximum atomic E-state index is 14.1. The summed E-state index contributed by atoms with van der Waals surface area (Å²) in [6.07, 6.45) is 7.16. The molecule has 0 heterocycles. The minimum atomic E-state index is -3.61. The molecular formula is C35H45N3O5S. The second-order valence-corrected chi connectivity index (χ2v) is 13.6. The van der Waals surface area contributed by atoms with Crippen molar-refractivity contribution < 1.29 is 22.7 Å². The lowest BCUT2D eigenvalue weighted by molar-refractivity contribution is -0.141. The van der Waals surface area contributed by atoms with Gasteiger partial charge in [-0.2, -0.15) is 0 Å². The van der Waals surface area contributed by atoms with Crippen molar-refractivity contribution in [2.75, 3.05) is 24.2 Å². The summed E-state index contributed by atoms with van der Waals surface area (Å²) >= 11 is 0. The molecule has 236 valence electrons. The highest BCUT2D eigenvalue weighted by Crippen LogP contribution is 2.25. The van der Waals surface area contributed by atoms with Crippen LogP contribution in [0.5, 0.6) is 5.75 Å². The molecule has 0 radical (unpaired) electrons. The topological polar surface area (TPSA) is 96.0 Å². The van der Waals surface area contributed by atoms with Gasteiger partial charge in [0.1, 0.15) is 11.8 Å². The number of carbonyl (C=O) groups excluding carboxylic acids is 2. The quantitative estimate of drug-likeness (QED) is 0.252. The number of carbonyl (C=O) groups is 2. The number of anilines is 1. The van der Waals surface area contributed by atoms with E-state index in [2.05, 4.69) is 5.32 Å². The fourth-order valence-electron chi connectivity index (χ4n) is 5.87. The van der Waals surface area contributed by atoms with Crippen molar-refractivity contribution in [3.8, 4) is 5.75 Å². The normalized spacial score (nSPS) is 14.4. The lowest BCUT2D eigenvalue weighted by atomic mass is 9.94. The fraction of sp³-hybridized carbons (Fsp3) is 0.429. The zero-order chi connectivity index (χ0) is 31.5. The maximum absolute atomic E-state index is 14.1. The van der Waals surface area contributed by atoms with Crippen LogP contribution in [0.15, 0.2) is 78.9 Å². The van der Waals surface area contributed by atoms with Crippen molar-refractivity contribution in [1.29, 1.82) is 0 Å². The summed E-state index contributed by atoms with van der Waals surface area (Å²) in [5.74, 6) is 0.213. The molecule has 1 unspecified atom stereocenters. The first-order valence-corrected chi connectivity index (χ1v) is 17.3. The van der Waals surface area contributed by atoms with E-state index in [1.807, 2.05) is 61.5 Å². The predicted molar refractivity (Wildman–Crippen MR) is 175 cm³/mol. The molecule has 2 amide bonds. The molecule has 9 heteroatoms. The van der Waals surface area contributed by atoms with Gasteiger partial charge >= 0.3 is 0 Å². The Balaban J connectivity index is 1.59. The highest BCUT2D eigenvalue weighted by Gasteiger charge is 2.32. The Hall–Kier alpha value is -3.85. The number of benzene rings is 3. The van der Waals surface area contributed by atoms with Crippen LogP contribution >= 0.6 is 0 Å². The van der Waals surface area contributed by atoms with Gasteiger partial charge in [0.2, 0.25) is 21.8 Å². The van der Waals surface area contributed by atoms with Crippen LogP contribution in [0.1, 0.15) is 61.6 Å². The third kappa shape index (κ3) is 9.58. The monoisotopic (exact) mass is 619 g/mol. The molecule has 0 aliphatic heterocycles. The Bertz CT molecular complexity index is 1490. The van der Waals surface area contributed by atoms with Crippen molar-refractivity contribution in [1.82, 2.24) is 10.2 Å². The molecule has 0 aromatic heterocycles. The lowest BCUT2D eigenvalue weighted by Gasteiger charge is -2.34. The average molecular weight is 620 g/mol. The molecule has 4 rings (SSSR count). The molecule has 0 saturated heterocycles. The number of nitrogens with zero attached hydrogens (tertiary/aromatic N) is 2. The number of amides is 2. The van der Waals surface area contributed by atoms with Crippen LogP contribution in [0.4, 0.5) is 5.69 Å². The van der Waals surface area contributed by atoms with E-state index in [0.717, 1.165) is 48.6 Å². The van der Waals surface area contributed by atoms with Crippen LogP contribution in [0, 0.1) is 6.92 Å². The molecule has 1 aliphatic carbocycles. The number of hydrogen-bond acceptors (Lipinski definition) is 5. The van der Waals surface area contributed by atoms with Gasteiger partial charge in [0.15, 0.2) is 0 Å². The van der Waals surface area contributed by atoms with Crippen LogP contribution < -0.4 is 14.4 Å². The van der Waals surface area contributed by atoms with Crippen LogP contribution in [-0.4, -0.2) is 57.1 Å². The molecule has 3 aromatic carbocycles. The molecule has 0 bridgehead atoms. The SMILES string of the molecule is COc1cccc(N(CCCC(=O)N(Cc2cccc(C)c2)C(Cc2ccccc2)C(=O)NC2CCCCC2)S(C)(=O)=O)c1. The Labute approximate surface area is 262 Å². The summed E-state index contributed by atoms with van der Waals surface area (Å²) in [6, 6.07) is 24.0. The fourth-order valence-corrected chi connectivity index (χ4v) is 6.83. The molecule has 3 aromatic rings. The standard InChI is InChI=1S/C35H45N3O5S/c1-27-13-10-16-29(23-27)26-37(33(24-28-14-6-4-7-15-28)35(40)36-30-17-8-5-9-18-30)34(39)21-12-22-38(44(3,41)42)31-19-11-20-32(25-31)43-2/h4,6-7,10-11,13-16,19-20,23,25,30,33H,5,8-9,12,17-18,21-22,24,26H2,1-3H3,(H,36,40). The summed E-state index contributed by atoms with van der Waals surface area (Å²) in [5.41, 5.74) is 3.46. The first-order valence-electron chi connectivity index (χ1n) is 15.4. The Morgan fingerprint density at radius 1 is 0.932 bits per heavy atom. The second kappa shape index (κ2) is 15.7. The van der Waals surface area contributed by atoms with E-state index < -0.39 is 16.1 Å². The van der Waals surface area contributed by atoms with Crippen LogP contribution in [0.3, 0.4) is 0 Å². The van der Waals surface area contributed by atoms with E-state index in [1.165, 1.54) is 17.8 Å². The van der Waals surface area contributed by atoms with Crippen LogP contribution in [0.25, 0.3) is 0 Å². The van der Waals surface area contributed by atoms with E-state index in [1.54, 1.807) is 29.2 Å². The third-order valence-electron chi connectivity index (χ3n) is 8.15. The number of hydrogen-bond donors (Lipinski definition) is 1.